The van der Waals surface area contributed by atoms with Gasteiger partial charge in [0.25, 0.3) is 5.91 Å². The molecule has 194 valence electrons. The highest BCUT2D eigenvalue weighted by molar-refractivity contribution is 7.92. The number of amides is 1. The van der Waals surface area contributed by atoms with Crippen LogP contribution in [0.2, 0.25) is 0 Å². The molecule has 36 heavy (non-hydrogen) atoms. The van der Waals surface area contributed by atoms with Crippen LogP contribution in [0.4, 0.5) is 5.00 Å². The van der Waals surface area contributed by atoms with Crippen LogP contribution in [0.25, 0.3) is 6.08 Å². The summed E-state index contributed by atoms with van der Waals surface area (Å²) in [5, 5.41) is 3.99. The van der Waals surface area contributed by atoms with Crippen molar-refractivity contribution < 1.29 is 32.3 Å². The van der Waals surface area contributed by atoms with Crippen molar-refractivity contribution in [3.8, 4) is 0 Å². The molecule has 1 aromatic heterocycles. The van der Waals surface area contributed by atoms with Gasteiger partial charge in [0.2, 0.25) is 10.0 Å². The summed E-state index contributed by atoms with van der Waals surface area (Å²) in [7, 11) is -3.96. The number of aryl methyl sites for hydroxylation is 1. The lowest BCUT2D eigenvalue weighted by Crippen LogP contribution is -2.45. The van der Waals surface area contributed by atoms with Gasteiger partial charge in [-0.1, -0.05) is 44.2 Å². The minimum atomic E-state index is -3.96. The van der Waals surface area contributed by atoms with Crippen LogP contribution >= 0.6 is 11.3 Å². The first-order chi connectivity index (χ1) is 17.1. The van der Waals surface area contributed by atoms with Crippen molar-refractivity contribution in [1.29, 1.82) is 0 Å². The van der Waals surface area contributed by atoms with Crippen LogP contribution in [-0.2, 0) is 41.9 Å². The standard InChI is InChI=1S/C25H30N2O7S2/c1-4-33-24(29)21-18-11-8-12-19(18)35-23(21)26-20(28)15-34-25(30)22(16(2)3)27-36(31,32)14-13-17-9-6-5-7-10-17/h5-7,9-10,13-14,16,22,27H,4,8,11-12,15H2,1-3H3,(H,26,28)/b14-13+/t22-/m0/s1. The van der Waals surface area contributed by atoms with E-state index in [-0.39, 0.29) is 6.61 Å². The molecule has 3 rings (SSSR count). The number of nitrogens with one attached hydrogen (secondary N) is 2. The number of ether oxygens (including phenoxy) is 2. The minimum absolute atomic E-state index is 0.210. The van der Waals surface area contributed by atoms with E-state index in [0.29, 0.717) is 16.1 Å². The molecule has 0 spiro atoms. The van der Waals surface area contributed by atoms with E-state index >= 15 is 0 Å². The molecular weight excluding hydrogens is 504 g/mol. The van der Waals surface area contributed by atoms with Crippen LogP contribution in [0.5, 0.6) is 0 Å². The molecule has 0 saturated carbocycles. The first kappa shape index (κ1) is 27.6. The predicted molar refractivity (Wildman–Crippen MR) is 138 cm³/mol. The molecule has 1 amide bonds. The molecule has 1 aliphatic rings. The number of hydrogen-bond acceptors (Lipinski definition) is 8. The third-order valence-corrected chi connectivity index (χ3v) is 7.73. The third-order valence-electron chi connectivity index (χ3n) is 5.45. The number of carbonyl (C=O) groups excluding carboxylic acids is 3. The molecule has 11 heteroatoms. The fourth-order valence-corrected chi connectivity index (χ4v) is 6.14. The average Bonchev–Trinajstić information content (AvgIpc) is 3.41. The molecule has 2 aromatic rings. The van der Waals surface area contributed by atoms with Gasteiger partial charge >= 0.3 is 11.9 Å². The van der Waals surface area contributed by atoms with Gasteiger partial charge in [0.05, 0.1) is 12.2 Å². The van der Waals surface area contributed by atoms with E-state index in [4.69, 9.17) is 9.47 Å². The molecule has 9 nitrogen and oxygen atoms in total. The van der Waals surface area contributed by atoms with Crippen molar-refractivity contribution >= 4 is 50.3 Å². The highest BCUT2D eigenvalue weighted by atomic mass is 32.2. The molecule has 0 radical (unpaired) electrons. The van der Waals surface area contributed by atoms with Gasteiger partial charge in [0.15, 0.2) is 6.61 Å². The molecule has 1 atom stereocenters. The fourth-order valence-electron chi connectivity index (χ4n) is 3.71. The van der Waals surface area contributed by atoms with Crippen molar-refractivity contribution in [1.82, 2.24) is 4.72 Å². The van der Waals surface area contributed by atoms with Crippen LogP contribution in [0.3, 0.4) is 0 Å². The Morgan fingerprint density at radius 1 is 1.11 bits per heavy atom. The molecule has 0 bridgehead atoms. The Hall–Kier alpha value is -3.02. The van der Waals surface area contributed by atoms with Gasteiger partial charge in [0, 0.05) is 10.3 Å². The maximum atomic E-state index is 12.6. The van der Waals surface area contributed by atoms with Gasteiger partial charge in [-0.2, -0.15) is 4.72 Å². The molecule has 1 aliphatic carbocycles. The monoisotopic (exact) mass is 534 g/mol. The number of sulfonamides is 1. The van der Waals surface area contributed by atoms with Crippen molar-refractivity contribution in [2.75, 3.05) is 18.5 Å². The Morgan fingerprint density at radius 2 is 1.83 bits per heavy atom. The molecule has 0 aliphatic heterocycles. The topological polar surface area (TPSA) is 128 Å². The van der Waals surface area contributed by atoms with Crippen molar-refractivity contribution in [3.05, 3.63) is 57.3 Å². The summed E-state index contributed by atoms with van der Waals surface area (Å²) < 4.78 is 37.6. The largest absolute Gasteiger partial charge is 0.462 e. The predicted octanol–water partition coefficient (Wildman–Crippen LogP) is 3.51. The normalized spacial score (nSPS) is 14.0. The fraction of sp³-hybridized carbons (Fsp3) is 0.400. The van der Waals surface area contributed by atoms with Crippen molar-refractivity contribution in [3.63, 3.8) is 0 Å². The lowest BCUT2D eigenvalue weighted by Gasteiger charge is -2.19. The number of fused-ring (bicyclic) bond motifs is 1. The molecule has 0 unspecified atom stereocenters. The Bertz CT molecular complexity index is 1230. The lowest BCUT2D eigenvalue weighted by atomic mass is 10.1. The summed E-state index contributed by atoms with van der Waals surface area (Å²) in [5.41, 5.74) is 1.93. The number of esters is 2. The van der Waals surface area contributed by atoms with Crippen LogP contribution in [0.1, 0.15) is 53.6 Å². The van der Waals surface area contributed by atoms with Gasteiger partial charge in [-0.25, -0.2) is 13.2 Å². The summed E-state index contributed by atoms with van der Waals surface area (Å²) in [5.74, 6) is -2.45. The van der Waals surface area contributed by atoms with Crippen LogP contribution in [-0.4, -0.2) is 45.5 Å². The first-order valence-electron chi connectivity index (χ1n) is 11.6. The average molecular weight is 535 g/mol. The second-order valence-electron chi connectivity index (χ2n) is 8.54. The minimum Gasteiger partial charge on any atom is -0.462 e. The number of rotatable bonds is 11. The molecular formula is C25H30N2O7S2. The Labute approximate surface area is 214 Å². The Balaban J connectivity index is 1.62. The van der Waals surface area contributed by atoms with Gasteiger partial charge in [0.1, 0.15) is 11.0 Å². The zero-order chi connectivity index (χ0) is 26.3. The van der Waals surface area contributed by atoms with Gasteiger partial charge in [-0.05, 0) is 49.3 Å². The summed E-state index contributed by atoms with van der Waals surface area (Å²) in [6.07, 6.45) is 3.91. The number of carbonyl (C=O) groups is 3. The summed E-state index contributed by atoms with van der Waals surface area (Å²) in [6, 6.07) is 7.66. The number of thiophene rings is 1. The third kappa shape index (κ3) is 7.25. The van der Waals surface area contributed by atoms with Crippen LogP contribution < -0.4 is 10.0 Å². The SMILES string of the molecule is CCOC(=O)c1c(NC(=O)COC(=O)[C@@H](NS(=O)(=O)/C=C/c2ccccc2)C(C)C)sc2c1CCC2. The summed E-state index contributed by atoms with van der Waals surface area (Å²) >= 11 is 1.32. The van der Waals surface area contributed by atoms with Crippen molar-refractivity contribution in [2.24, 2.45) is 5.92 Å². The number of anilines is 1. The smallest absolute Gasteiger partial charge is 0.341 e. The zero-order valence-corrected chi connectivity index (χ0v) is 22.0. The first-order valence-corrected chi connectivity index (χ1v) is 14.0. The Kier molecular flexibility index (Phi) is 9.41. The highest BCUT2D eigenvalue weighted by Crippen LogP contribution is 2.39. The van der Waals surface area contributed by atoms with E-state index < -0.39 is 46.4 Å². The second kappa shape index (κ2) is 12.3. The zero-order valence-electron chi connectivity index (χ0n) is 20.4. The summed E-state index contributed by atoms with van der Waals surface area (Å²) in [4.78, 5) is 38.7. The summed E-state index contributed by atoms with van der Waals surface area (Å²) in [6.45, 7) is 4.61. The lowest BCUT2D eigenvalue weighted by molar-refractivity contribution is -0.150. The molecule has 1 heterocycles. The van der Waals surface area contributed by atoms with Gasteiger partial charge < -0.3 is 14.8 Å². The van der Waals surface area contributed by atoms with Crippen molar-refractivity contribution in [2.45, 2.75) is 46.1 Å². The van der Waals surface area contributed by atoms with Crippen LogP contribution in [0.15, 0.2) is 35.7 Å². The van der Waals surface area contributed by atoms with E-state index in [1.165, 1.54) is 17.4 Å². The van der Waals surface area contributed by atoms with Crippen LogP contribution in [0, 0.1) is 5.92 Å². The molecule has 1 aromatic carbocycles. The molecule has 0 saturated heterocycles. The molecule has 2 N–H and O–H groups in total. The van der Waals surface area contributed by atoms with Gasteiger partial charge in [-0.3, -0.25) is 9.59 Å². The highest BCUT2D eigenvalue weighted by Gasteiger charge is 2.30. The van der Waals surface area contributed by atoms with E-state index in [1.807, 2.05) is 6.07 Å². The van der Waals surface area contributed by atoms with E-state index in [1.54, 1.807) is 45.0 Å². The Morgan fingerprint density at radius 3 is 2.50 bits per heavy atom. The van der Waals surface area contributed by atoms with E-state index in [2.05, 4.69) is 10.0 Å². The van der Waals surface area contributed by atoms with E-state index in [0.717, 1.165) is 35.1 Å². The van der Waals surface area contributed by atoms with Gasteiger partial charge in [-0.15, -0.1) is 11.3 Å². The molecule has 0 fully saturated rings. The second-order valence-corrected chi connectivity index (χ2v) is 11.2. The quantitative estimate of drug-likeness (QED) is 0.422. The maximum Gasteiger partial charge on any atom is 0.341 e. The number of benzene rings is 1. The van der Waals surface area contributed by atoms with E-state index in [9.17, 15) is 22.8 Å². The number of hydrogen-bond donors (Lipinski definition) is 2. The maximum absolute atomic E-state index is 12.6.